The first-order chi connectivity index (χ1) is 18.5. The summed E-state index contributed by atoms with van der Waals surface area (Å²) in [5.41, 5.74) is 2.50. The third-order valence-electron chi connectivity index (χ3n) is 9.29. The Bertz CT molecular complexity index is 1330. The SMILES string of the molecule is Cn1c(=O)n(C2CCC(=O)NC2=O)c2cccc(CC3CCN(C4CCN(C(=O)O)CC4C(C)(C)C)CC3)c21. The number of likely N-dealkylation sites (tertiary alicyclic amines) is 2. The molecule has 3 fully saturated rings. The summed E-state index contributed by atoms with van der Waals surface area (Å²) in [7, 11) is 1.76. The second-order valence-corrected chi connectivity index (χ2v) is 12.7. The number of rotatable bonds is 4. The van der Waals surface area contributed by atoms with Crippen LogP contribution >= 0.6 is 0 Å². The number of carbonyl (C=O) groups is 3. The van der Waals surface area contributed by atoms with Gasteiger partial charge in [-0.1, -0.05) is 32.9 Å². The highest BCUT2D eigenvalue weighted by Crippen LogP contribution is 2.38. The molecule has 3 aliphatic rings. The Morgan fingerprint density at radius 1 is 1.05 bits per heavy atom. The summed E-state index contributed by atoms with van der Waals surface area (Å²) >= 11 is 0. The Kier molecular flexibility index (Phi) is 7.35. The van der Waals surface area contributed by atoms with Crippen LogP contribution in [0.25, 0.3) is 11.0 Å². The lowest BCUT2D eigenvalue weighted by Crippen LogP contribution is -2.57. The summed E-state index contributed by atoms with van der Waals surface area (Å²) in [5, 5.41) is 11.9. The highest BCUT2D eigenvalue weighted by molar-refractivity contribution is 6.00. The quantitative estimate of drug-likeness (QED) is 0.577. The number of fused-ring (bicyclic) bond motifs is 1. The molecule has 4 heterocycles. The van der Waals surface area contributed by atoms with Crippen molar-refractivity contribution in [2.75, 3.05) is 26.2 Å². The lowest BCUT2D eigenvalue weighted by Gasteiger charge is -2.50. The molecule has 1 aromatic carbocycles. The topological polar surface area (TPSA) is 117 Å². The molecule has 39 heavy (non-hydrogen) atoms. The maximum absolute atomic E-state index is 13.3. The molecule has 1 aromatic heterocycles. The minimum absolute atomic E-state index is 0.0196. The molecule has 0 spiro atoms. The van der Waals surface area contributed by atoms with Gasteiger partial charge < -0.3 is 10.0 Å². The molecule has 3 aliphatic heterocycles. The van der Waals surface area contributed by atoms with Gasteiger partial charge in [-0.05, 0) is 74.1 Å². The first-order valence-electron chi connectivity index (χ1n) is 14.2. The van der Waals surface area contributed by atoms with E-state index in [4.69, 9.17) is 0 Å². The van der Waals surface area contributed by atoms with Gasteiger partial charge in [-0.25, -0.2) is 9.59 Å². The number of hydrogen-bond donors (Lipinski definition) is 2. The molecule has 2 N–H and O–H groups in total. The zero-order valence-corrected chi connectivity index (χ0v) is 23.5. The summed E-state index contributed by atoms with van der Waals surface area (Å²) in [5.74, 6) is 0.0570. The number of imide groups is 1. The van der Waals surface area contributed by atoms with Crippen LogP contribution in [0.15, 0.2) is 23.0 Å². The van der Waals surface area contributed by atoms with Crippen LogP contribution in [-0.2, 0) is 23.1 Å². The van der Waals surface area contributed by atoms with Crippen LogP contribution in [0.5, 0.6) is 0 Å². The number of carbonyl (C=O) groups excluding carboxylic acids is 2. The molecule has 0 saturated carbocycles. The van der Waals surface area contributed by atoms with Gasteiger partial charge in [0, 0.05) is 32.6 Å². The molecule has 2 aromatic rings. The predicted molar refractivity (Wildman–Crippen MR) is 148 cm³/mol. The highest BCUT2D eigenvalue weighted by atomic mass is 16.4. The number of nitrogens with zero attached hydrogens (tertiary/aromatic N) is 4. The van der Waals surface area contributed by atoms with Crippen molar-refractivity contribution in [1.29, 1.82) is 0 Å². The summed E-state index contributed by atoms with van der Waals surface area (Å²) < 4.78 is 3.20. The number of amides is 3. The molecule has 0 radical (unpaired) electrons. The summed E-state index contributed by atoms with van der Waals surface area (Å²) in [6, 6.07) is 5.64. The molecule has 10 nitrogen and oxygen atoms in total. The molecule has 3 amide bonds. The molecule has 3 saturated heterocycles. The van der Waals surface area contributed by atoms with Gasteiger partial charge in [-0.2, -0.15) is 0 Å². The maximum atomic E-state index is 13.3. The second kappa shape index (κ2) is 10.4. The summed E-state index contributed by atoms with van der Waals surface area (Å²) in [6.07, 6.45) is 3.56. The minimum atomic E-state index is -0.823. The summed E-state index contributed by atoms with van der Waals surface area (Å²) in [4.78, 5) is 53.3. The van der Waals surface area contributed by atoms with Crippen molar-refractivity contribution in [2.45, 2.75) is 71.4 Å². The van der Waals surface area contributed by atoms with E-state index in [9.17, 15) is 24.3 Å². The molecular formula is C29H41N5O5. The van der Waals surface area contributed by atoms with E-state index in [0.717, 1.165) is 55.4 Å². The van der Waals surface area contributed by atoms with Crippen LogP contribution in [0.3, 0.4) is 0 Å². The fraction of sp³-hybridized carbons (Fsp3) is 0.655. The maximum Gasteiger partial charge on any atom is 0.407 e. The molecule has 5 rings (SSSR count). The third kappa shape index (κ3) is 5.23. The van der Waals surface area contributed by atoms with E-state index >= 15 is 0 Å². The molecule has 0 bridgehead atoms. The fourth-order valence-corrected chi connectivity index (χ4v) is 7.12. The van der Waals surface area contributed by atoms with Gasteiger partial charge in [0.15, 0.2) is 0 Å². The molecule has 3 atom stereocenters. The van der Waals surface area contributed by atoms with Crippen molar-refractivity contribution >= 4 is 28.9 Å². The number of para-hydroxylation sites is 1. The minimum Gasteiger partial charge on any atom is -0.465 e. The molecule has 3 unspecified atom stereocenters. The first kappa shape index (κ1) is 27.4. The Hall–Kier alpha value is -3.14. The molecule has 0 aliphatic carbocycles. The van der Waals surface area contributed by atoms with Gasteiger partial charge in [0.2, 0.25) is 11.8 Å². The van der Waals surface area contributed by atoms with Crippen LogP contribution in [0, 0.1) is 17.3 Å². The molecule has 10 heteroatoms. The van der Waals surface area contributed by atoms with E-state index in [2.05, 4.69) is 37.1 Å². The average molecular weight is 540 g/mol. The Balaban J connectivity index is 1.31. The average Bonchev–Trinajstić information content (AvgIpc) is 3.14. The number of aromatic nitrogens is 2. The second-order valence-electron chi connectivity index (χ2n) is 12.7. The zero-order valence-electron chi connectivity index (χ0n) is 23.5. The highest BCUT2D eigenvalue weighted by Gasteiger charge is 2.42. The number of imidazole rings is 1. The van der Waals surface area contributed by atoms with Crippen LogP contribution in [0.1, 0.15) is 64.5 Å². The van der Waals surface area contributed by atoms with Crippen molar-refractivity contribution in [3.8, 4) is 0 Å². The van der Waals surface area contributed by atoms with Gasteiger partial charge in [-0.15, -0.1) is 0 Å². The van der Waals surface area contributed by atoms with Gasteiger partial charge in [0.25, 0.3) is 0 Å². The first-order valence-corrected chi connectivity index (χ1v) is 14.2. The monoisotopic (exact) mass is 539 g/mol. The Morgan fingerprint density at radius 2 is 1.77 bits per heavy atom. The predicted octanol–water partition coefficient (Wildman–Crippen LogP) is 2.99. The molecular weight excluding hydrogens is 498 g/mol. The third-order valence-corrected chi connectivity index (χ3v) is 9.29. The zero-order chi connectivity index (χ0) is 28.1. The number of benzene rings is 1. The van der Waals surface area contributed by atoms with E-state index in [1.165, 1.54) is 0 Å². The lowest BCUT2D eigenvalue weighted by atomic mass is 9.72. The number of piperidine rings is 3. The van der Waals surface area contributed by atoms with E-state index in [1.54, 1.807) is 21.1 Å². The van der Waals surface area contributed by atoms with E-state index in [-0.39, 0.29) is 29.4 Å². The van der Waals surface area contributed by atoms with Gasteiger partial charge in [0.1, 0.15) is 6.04 Å². The van der Waals surface area contributed by atoms with Crippen molar-refractivity contribution in [2.24, 2.45) is 24.3 Å². The summed E-state index contributed by atoms with van der Waals surface area (Å²) in [6.45, 7) is 9.80. The van der Waals surface area contributed by atoms with E-state index < -0.39 is 18.0 Å². The number of aryl methyl sites for hydroxylation is 1. The van der Waals surface area contributed by atoms with Gasteiger partial charge in [0.05, 0.1) is 11.0 Å². The van der Waals surface area contributed by atoms with E-state index in [0.29, 0.717) is 31.5 Å². The van der Waals surface area contributed by atoms with Crippen molar-refractivity contribution in [1.82, 2.24) is 24.3 Å². The van der Waals surface area contributed by atoms with Crippen LogP contribution in [0.4, 0.5) is 4.79 Å². The van der Waals surface area contributed by atoms with Crippen molar-refractivity contribution in [3.63, 3.8) is 0 Å². The van der Waals surface area contributed by atoms with Crippen LogP contribution < -0.4 is 11.0 Å². The smallest absolute Gasteiger partial charge is 0.407 e. The number of carboxylic acid groups (broad SMARTS) is 1. The lowest BCUT2D eigenvalue weighted by molar-refractivity contribution is -0.135. The molecule has 212 valence electrons. The Morgan fingerprint density at radius 3 is 2.41 bits per heavy atom. The Labute approximate surface area is 228 Å². The van der Waals surface area contributed by atoms with Crippen LogP contribution in [0.2, 0.25) is 0 Å². The van der Waals surface area contributed by atoms with Crippen LogP contribution in [-0.4, -0.2) is 74.2 Å². The van der Waals surface area contributed by atoms with E-state index in [1.807, 2.05) is 12.1 Å². The van der Waals surface area contributed by atoms with Crippen molar-refractivity contribution < 1.29 is 19.5 Å². The normalized spacial score (nSPS) is 25.7. The largest absolute Gasteiger partial charge is 0.465 e. The van der Waals surface area contributed by atoms with Crippen molar-refractivity contribution in [3.05, 3.63) is 34.2 Å². The fourth-order valence-electron chi connectivity index (χ4n) is 7.12. The number of nitrogens with one attached hydrogen (secondary N) is 1. The van der Waals surface area contributed by atoms with Gasteiger partial charge >= 0.3 is 11.8 Å². The number of hydrogen-bond acceptors (Lipinski definition) is 5. The standard InChI is InChI=1S/C29H41N5O5/c1-29(2,3)20-17-33(28(38)39)15-12-21(20)32-13-10-18(11-14-32)16-19-6-5-7-22-25(19)31(4)27(37)34(22)23-8-9-24(35)30-26(23)36/h5-7,18,20-21,23H,8-17H2,1-4H3,(H,38,39)(H,30,35,36). The van der Waals surface area contributed by atoms with Gasteiger partial charge in [-0.3, -0.25) is 28.9 Å².